The first kappa shape index (κ1) is 19.5. The molecule has 0 radical (unpaired) electrons. The number of hydrogen-bond donors (Lipinski definition) is 2. The molecule has 1 aliphatic heterocycles. The predicted molar refractivity (Wildman–Crippen MR) is 98.9 cm³/mol. The summed E-state index contributed by atoms with van der Waals surface area (Å²) in [6.45, 7) is 2.49. The number of carbonyl (C=O) groups excluding carboxylic acids is 2. The molecule has 2 N–H and O–H groups in total. The Labute approximate surface area is 153 Å². The molecule has 1 atom stereocenters. The Kier molecular flexibility index (Phi) is 8.01. The SMILES string of the molecule is COCCNC(=O)CC[C@H]1CCCN(C(=O)Nc2ccc(Cl)cc2)C1. The standard InChI is InChI=1S/C18H26ClN3O3/c1-25-12-10-20-17(23)9-4-14-3-2-11-22(13-14)18(24)21-16-7-5-15(19)6-8-16/h5-8,14H,2-4,9-13H2,1H3,(H,20,23)(H,21,24)/t14-/m1/s1. The minimum Gasteiger partial charge on any atom is -0.383 e. The average Bonchev–Trinajstić information content (AvgIpc) is 2.62. The average molecular weight is 368 g/mol. The maximum Gasteiger partial charge on any atom is 0.321 e. The van der Waals surface area contributed by atoms with E-state index in [0.717, 1.165) is 31.5 Å². The van der Waals surface area contributed by atoms with Crippen LogP contribution < -0.4 is 10.6 Å². The summed E-state index contributed by atoms with van der Waals surface area (Å²) in [5.41, 5.74) is 0.731. The Morgan fingerprint density at radius 2 is 2.08 bits per heavy atom. The first-order valence-electron chi connectivity index (χ1n) is 8.65. The van der Waals surface area contributed by atoms with Crippen molar-refractivity contribution in [1.82, 2.24) is 10.2 Å². The molecule has 0 bridgehead atoms. The van der Waals surface area contributed by atoms with Crippen molar-refractivity contribution in [2.75, 3.05) is 38.7 Å². The van der Waals surface area contributed by atoms with Crippen LogP contribution >= 0.6 is 11.6 Å². The molecular formula is C18H26ClN3O3. The van der Waals surface area contributed by atoms with Gasteiger partial charge < -0.3 is 20.3 Å². The van der Waals surface area contributed by atoms with E-state index in [9.17, 15) is 9.59 Å². The van der Waals surface area contributed by atoms with Gasteiger partial charge >= 0.3 is 6.03 Å². The van der Waals surface area contributed by atoms with Gasteiger partial charge in [0, 0.05) is 43.9 Å². The number of benzene rings is 1. The molecule has 1 heterocycles. The molecule has 3 amide bonds. The molecule has 1 aromatic carbocycles. The van der Waals surface area contributed by atoms with Crippen molar-refractivity contribution < 1.29 is 14.3 Å². The number of amides is 3. The van der Waals surface area contributed by atoms with E-state index >= 15 is 0 Å². The lowest BCUT2D eigenvalue weighted by molar-refractivity contribution is -0.121. The first-order chi connectivity index (χ1) is 12.1. The fourth-order valence-electron chi connectivity index (χ4n) is 2.94. The highest BCUT2D eigenvalue weighted by atomic mass is 35.5. The van der Waals surface area contributed by atoms with Crippen LogP contribution in [0.1, 0.15) is 25.7 Å². The van der Waals surface area contributed by atoms with E-state index < -0.39 is 0 Å². The minimum absolute atomic E-state index is 0.0415. The van der Waals surface area contributed by atoms with Gasteiger partial charge in [-0.1, -0.05) is 11.6 Å². The maximum absolute atomic E-state index is 12.4. The quantitative estimate of drug-likeness (QED) is 0.727. The van der Waals surface area contributed by atoms with E-state index in [0.29, 0.717) is 37.1 Å². The summed E-state index contributed by atoms with van der Waals surface area (Å²) in [6.07, 6.45) is 3.30. The van der Waals surface area contributed by atoms with Gasteiger partial charge in [0.25, 0.3) is 0 Å². The summed E-state index contributed by atoms with van der Waals surface area (Å²) in [5.74, 6) is 0.401. The summed E-state index contributed by atoms with van der Waals surface area (Å²) >= 11 is 5.85. The van der Waals surface area contributed by atoms with Crippen molar-refractivity contribution in [2.45, 2.75) is 25.7 Å². The van der Waals surface area contributed by atoms with Gasteiger partial charge in [-0.2, -0.15) is 0 Å². The molecule has 138 valence electrons. The minimum atomic E-state index is -0.100. The molecule has 0 aliphatic carbocycles. The fourth-order valence-corrected chi connectivity index (χ4v) is 3.06. The molecule has 6 nitrogen and oxygen atoms in total. The van der Waals surface area contributed by atoms with Gasteiger partial charge in [-0.25, -0.2) is 4.79 Å². The first-order valence-corrected chi connectivity index (χ1v) is 9.03. The number of carbonyl (C=O) groups is 2. The smallest absolute Gasteiger partial charge is 0.321 e. The number of urea groups is 1. The van der Waals surface area contributed by atoms with Crippen LogP contribution in [-0.4, -0.2) is 50.2 Å². The van der Waals surface area contributed by atoms with E-state index in [1.54, 1.807) is 31.4 Å². The summed E-state index contributed by atoms with van der Waals surface area (Å²) in [6, 6.07) is 6.96. The lowest BCUT2D eigenvalue weighted by Gasteiger charge is -2.32. The molecule has 1 aliphatic rings. The fraction of sp³-hybridized carbons (Fsp3) is 0.556. The van der Waals surface area contributed by atoms with Crippen LogP contribution in [0.2, 0.25) is 5.02 Å². The second-order valence-corrected chi connectivity index (χ2v) is 6.71. The number of rotatable bonds is 7. The zero-order valence-electron chi connectivity index (χ0n) is 14.6. The Bertz CT molecular complexity index is 565. The number of halogens is 1. The summed E-state index contributed by atoms with van der Waals surface area (Å²) < 4.78 is 4.91. The normalized spacial score (nSPS) is 17.2. The molecule has 1 fully saturated rings. The third kappa shape index (κ3) is 6.92. The molecule has 2 rings (SSSR count). The van der Waals surface area contributed by atoms with E-state index in [4.69, 9.17) is 16.3 Å². The second-order valence-electron chi connectivity index (χ2n) is 6.27. The molecule has 0 saturated carbocycles. The van der Waals surface area contributed by atoms with Gasteiger partial charge in [-0.3, -0.25) is 4.79 Å². The Balaban J connectivity index is 1.74. The second kappa shape index (κ2) is 10.3. The van der Waals surface area contributed by atoms with Crippen LogP contribution in [0.15, 0.2) is 24.3 Å². The van der Waals surface area contributed by atoms with E-state index in [2.05, 4.69) is 10.6 Å². The molecule has 1 saturated heterocycles. The van der Waals surface area contributed by atoms with Crippen LogP contribution in [0, 0.1) is 5.92 Å². The van der Waals surface area contributed by atoms with Crippen molar-refractivity contribution in [3.8, 4) is 0 Å². The topological polar surface area (TPSA) is 70.7 Å². The van der Waals surface area contributed by atoms with Crippen molar-refractivity contribution in [3.05, 3.63) is 29.3 Å². The van der Waals surface area contributed by atoms with Crippen LogP contribution in [0.3, 0.4) is 0 Å². The molecule has 25 heavy (non-hydrogen) atoms. The Morgan fingerprint density at radius 1 is 1.32 bits per heavy atom. The number of anilines is 1. The van der Waals surface area contributed by atoms with Crippen molar-refractivity contribution >= 4 is 29.2 Å². The van der Waals surface area contributed by atoms with E-state index in [1.807, 2.05) is 4.90 Å². The highest BCUT2D eigenvalue weighted by molar-refractivity contribution is 6.30. The van der Waals surface area contributed by atoms with Crippen LogP contribution in [0.5, 0.6) is 0 Å². The number of nitrogens with one attached hydrogen (secondary N) is 2. The molecule has 0 spiro atoms. The molecular weight excluding hydrogens is 342 g/mol. The van der Waals surface area contributed by atoms with Gasteiger partial charge in [0.1, 0.15) is 0 Å². The lowest BCUT2D eigenvalue weighted by Crippen LogP contribution is -2.42. The third-order valence-electron chi connectivity index (χ3n) is 4.31. The van der Waals surface area contributed by atoms with Crippen LogP contribution in [0.4, 0.5) is 10.5 Å². The monoisotopic (exact) mass is 367 g/mol. The highest BCUT2D eigenvalue weighted by Gasteiger charge is 2.24. The van der Waals surface area contributed by atoms with Crippen molar-refractivity contribution in [2.24, 2.45) is 5.92 Å². The van der Waals surface area contributed by atoms with E-state index in [-0.39, 0.29) is 11.9 Å². The molecule has 7 heteroatoms. The predicted octanol–water partition coefficient (Wildman–Crippen LogP) is 3.13. The summed E-state index contributed by atoms with van der Waals surface area (Å²) in [5, 5.41) is 6.36. The zero-order chi connectivity index (χ0) is 18.1. The largest absolute Gasteiger partial charge is 0.383 e. The highest BCUT2D eigenvalue weighted by Crippen LogP contribution is 2.22. The maximum atomic E-state index is 12.4. The van der Waals surface area contributed by atoms with Gasteiger partial charge in [-0.15, -0.1) is 0 Å². The summed E-state index contributed by atoms with van der Waals surface area (Å²) in [4.78, 5) is 26.0. The van der Waals surface area contributed by atoms with Crippen molar-refractivity contribution in [1.29, 1.82) is 0 Å². The number of nitrogens with zero attached hydrogens (tertiary/aromatic N) is 1. The van der Waals surface area contributed by atoms with Gasteiger partial charge in [-0.05, 0) is 49.4 Å². The zero-order valence-corrected chi connectivity index (χ0v) is 15.3. The molecule has 0 aromatic heterocycles. The van der Waals surface area contributed by atoms with Gasteiger partial charge in [0.15, 0.2) is 0 Å². The summed E-state index contributed by atoms with van der Waals surface area (Å²) in [7, 11) is 1.61. The third-order valence-corrected chi connectivity index (χ3v) is 4.56. The van der Waals surface area contributed by atoms with E-state index in [1.165, 1.54) is 0 Å². The Morgan fingerprint density at radius 3 is 2.80 bits per heavy atom. The number of hydrogen-bond acceptors (Lipinski definition) is 3. The number of ether oxygens (including phenoxy) is 1. The van der Waals surface area contributed by atoms with Crippen LogP contribution in [0.25, 0.3) is 0 Å². The molecule has 1 aromatic rings. The lowest BCUT2D eigenvalue weighted by atomic mass is 9.93. The number of piperidine rings is 1. The molecule has 0 unspecified atom stereocenters. The Hall–Kier alpha value is -1.79. The number of methoxy groups -OCH3 is 1. The van der Waals surface area contributed by atoms with Crippen LogP contribution in [-0.2, 0) is 9.53 Å². The van der Waals surface area contributed by atoms with Gasteiger partial charge in [0.2, 0.25) is 5.91 Å². The van der Waals surface area contributed by atoms with Gasteiger partial charge in [0.05, 0.1) is 6.61 Å². The van der Waals surface area contributed by atoms with Crippen molar-refractivity contribution in [3.63, 3.8) is 0 Å². The number of likely N-dealkylation sites (tertiary alicyclic amines) is 1.